The third kappa shape index (κ3) is 6.43. The summed E-state index contributed by atoms with van der Waals surface area (Å²) < 4.78 is 0. The number of rotatable bonds is 7. The predicted octanol–water partition coefficient (Wildman–Crippen LogP) is 3.18. The molecule has 0 bridgehead atoms. The van der Waals surface area contributed by atoms with Crippen LogP contribution in [0.1, 0.15) is 40.2 Å². The first-order chi connectivity index (χ1) is 10.8. The van der Waals surface area contributed by atoms with Crippen LogP contribution in [-0.2, 0) is 16.1 Å². The number of amides is 2. The maximum absolute atomic E-state index is 12.6. The predicted molar refractivity (Wildman–Crippen MR) is 93.8 cm³/mol. The Kier molecular flexibility index (Phi) is 7.79. The first kappa shape index (κ1) is 19.2. The average molecular weight is 318 g/mol. The molecule has 0 aliphatic carbocycles. The highest BCUT2D eigenvalue weighted by Gasteiger charge is 2.27. The molecule has 0 spiro atoms. The van der Waals surface area contributed by atoms with Crippen LogP contribution in [0.2, 0.25) is 0 Å². The first-order valence-electron chi connectivity index (χ1n) is 8.47. The molecule has 0 heterocycles. The standard InChI is InChI=1S/C19H30N2O2/c1-6-20(14-17-10-8-7-9-11-17)18(22)19(23)21(12-15(2)3)13-16(4)5/h7-11,15-16H,6,12-14H2,1-5H3. The number of benzene rings is 1. The van der Waals surface area contributed by atoms with E-state index in [2.05, 4.69) is 27.7 Å². The van der Waals surface area contributed by atoms with Gasteiger partial charge in [0.25, 0.3) is 0 Å². The summed E-state index contributed by atoms with van der Waals surface area (Å²) in [6.45, 7) is 12.4. The van der Waals surface area contributed by atoms with E-state index in [0.29, 0.717) is 38.0 Å². The highest BCUT2D eigenvalue weighted by Crippen LogP contribution is 2.09. The molecule has 0 saturated heterocycles. The van der Waals surface area contributed by atoms with Crippen molar-refractivity contribution in [2.45, 2.75) is 41.2 Å². The zero-order valence-corrected chi connectivity index (χ0v) is 15.1. The molecule has 0 aliphatic rings. The Morgan fingerprint density at radius 2 is 1.35 bits per heavy atom. The van der Waals surface area contributed by atoms with Gasteiger partial charge in [0.15, 0.2) is 0 Å². The number of hydrogen-bond donors (Lipinski definition) is 0. The van der Waals surface area contributed by atoms with Gasteiger partial charge < -0.3 is 9.80 Å². The van der Waals surface area contributed by atoms with Gasteiger partial charge in [-0.25, -0.2) is 0 Å². The molecular formula is C19H30N2O2. The highest BCUT2D eigenvalue weighted by atomic mass is 16.2. The minimum atomic E-state index is -0.405. The van der Waals surface area contributed by atoms with Crippen LogP contribution < -0.4 is 0 Å². The Bertz CT molecular complexity index is 487. The molecule has 4 heteroatoms. The average Bonchev–Trinajstić information content (AvgIpc) is 2.50. The van der Waals surface area contributed by atoms with Crippen molar-refractivity contribution in [1.82, 2.24) is 9.80 Å². The normalized spacial score (nSPS) is 10.9. The summed E-state index contributed by atoms with van der Waals surface area (Å²) >= 11 is 0. The second kappa shape index (κ2) is 9.33. The van der Waals surface area contributed by atoms with E-state index >= 15 is 0 Å². The molecule has 0 atom stereocenters. The van der Waals surface area contributed by atoms with E-state index in [9.17, 15) is 9.59 Å². The van der Waals surface area contributed by atoms with Crippen LogP contribution in [0.25, 0.3) is 0 Å². The molecule has 23 heavy (non-hydrogen) atoms. The monoisotopic (exact) mass is 318 g/mol. The second-order valence-electron chi connectivity index (χ2n) is 6.80. The van der Waals surface area contributed by atoms with Crippen LogP contribution in [-0.4, -0.2) is 41.2 Å². The van der Waals surface area contributed by atoms with Crippen molar-refractivity contribution in [3.8, 4) is 0 Å². The fraction of sp³-hybridized carbons (Fsp3) is 0.579. The molecule has 0 N–H and O–H groups in total. The molecule has 4 nitrogen and oxygen atoms in total. The lowest BCUT2D eigenvalue weighted by atomic mass is 10.1. The smallest absolute Gasteiger partial charge is 0.312 e. The maximum atomic E-state index is 12.6. The Balaban J connectivity index is 2.82. The Hall–Kier alpha value is -1.84. The van der Waals surface area contributed by atoms with E-state index in [-0.39, 0.29) is 5.91 Å². The topological polar surface area (TPSA) is 40.6 Å². The Morgan fingerprint density at radius 1 is 0.870 bits per heavy atom. The summed E-state index contributed by atoms with van der Waals surface area (Å²) in [7, 11) is 0. The van der Waals surface area contributed by atoms with Crippen LogP contribution in [0.15, 0.2) is 30.3 Å². The van der Waals surface area contributed by atoms with Crippen molar-refractivity contribution in [1.29, 1.82) is 0 Å². The quantitative estimate of drug-likeness (QED) is 0.725. The Morgan fingerprint density at radius 3 is 1.78 bits per heavy atom. The van der Waals surface area contributed by atoms with Crippen molar-refractivity contribution in [3.05, 3.63) is 35.9 Å². The number of hydrogen-bond acceptors (Lipinski definition) is 2. The van der Waals surface area contributed by atoms with Gasteiger partial charge in [0.05, 0.1) is 0 Å². The summed E-state index contributed by atoms with van der Waals surface area (Å²) in [5, 5.41) is 0. The summed E-state index contributed by atoms with van der Waals surface area (Å²) in [6.07, 6.45) is 0. The zero-order valence-electron chi connectivity index (χ0n) is 15.1. The van der Waals surface area contributed by atoms with Gasteiger partial charge in [-0.05, 0) is 24.3 Å². The van der Waals surface area contributed by atoms with Crippen molar-refractivity contribution >= 4 is 11.8 Å². The van der Waals surface area contributed by atoms with E-state index in [0.717, 1.165) is 5.56 Å². The maximum Gasteiger partial charge on any atom is 0.312 e. The fourth-order valence-corrected chi connectivity index (χ4v) is 2.52. The van der Waals surface area contributed by atoms with Gasteiger partial charge in [0.1, 0.15) is 0 Å². The largest absolute Gasteiger partial charge is 0.334 e. The lowest BCUT2D eigenvalue weighted by molar-refractivity contribution is -0.152. The lowest BCUT2D eigenvalue weighted by Crippen LogP contribution is -2.47. The van der Waals surface area contributed by atoms with Gasteiger partial charge in [-0.15, -0.1) is 0 Å². The molecule has 0 aliphatic heterocycles. The molecule has 0 unspecified atom stereocenters. The van der Waals surface area contributed by atoms with Gasteiger partial charge in [-0.3, -0.25) is 9.59 Å². The Labute approximate surface area is 140 Å². The van der Waals surface area contributed by atoms with Crippen LogP contribution in [0, 0.1) is 11.8 Å². The fourth-order valence-electron chi connectivity index (χ4n) is 2.52. The lowest BCUT2D eigenvalue weighted by Gasteiger charge is -2.28. The van der Waals surface area contributed by atoms with Crippen molar-refractivity contribution in [3.63, 3.8) is 0 Å². The molecule has 128 valence electrons. The van der Waals surface area contributed by atoms with Crippen LogP contribution >= 0.6 is 0 Å². The number of carbonyl (C=O) groups is 2. The molecule has 0 radical (unpaired) electrons. The van der Waals surface area contributed by atoms with E-state index in [4.69, 9.17) is 0 Å². The molecule has 0 aromatic heterocycles. The van der Waals surface area contributed by atoms with Gasteiger partial charge >= 0.3 is 11.8 Å². The third-order valence-electron chi connectivity index (χ3n) is 3.53. The first-order valence-corrected chi connectivity index (χ1v) is 8.47. The summed E-state index contributed by atoms with van der Waals surface area (Å²) in [4.78, 5) is 28.6. The highest BCUT2D eigenvalue weighted by molar-refractivity contribution is 6.34. The molecule has 0 saturated carbocycles. The molecule has 1 rings (SSSR count). The van der Waals surface area contributed by atoms with Crippen LogP contribution in [0.3, 0.4) is 0 Å². The summed E-state index contributed by atoms with van der Waals surface area (Å²) in [5.41, 5.74) is 1.04. The molecule has 1 aromatic carbocycles. The molecule has 0 fully saturated rings. The van der Waals surface area contributed by atoms with E-state index in [1.54, 1.807) is 9.80 Å². The number of nitrogens with zero attached hydrogens (tertiary/aromatic N) is 2. The summed E-state index contributed by atoms with van der Waals surface area (Å²) in [5.74, 6) is -0.104. The second-order valence-corrected chi connectivity index (χ2v) is 6.80. The number of carbonyl (C=O) groups excluding carboxylic acids is 2. The van der Waals surface area contributed by atoms with Crippen LogP contribution in [0.4, 0.5) is 0 Å². The van der Waals surface area contributed by atoms with Crippen molar-refractivity contribution in [2.75, 3.05) is 19.6 Å². The van der Waals surface area contributed by atoms with Gasteiger partial charge in [-0.2, -0.15) is 0 Å². The van der Waals surface area contributed by atoms with Gasteiger partial charge in [0, 0.05) is 26.2 Å². The minimum absolute atomic E-state index is 0.342. The molecular weight excluding hydrogens is 288 g/mol. The number of likely N-dealkylation sites (N-methyl/N-ethyl adjacent to an activating group) is 1. The van der Waals surface area contributed by atoms with Gasteiger partial charge in [0.2, 0.25) is 0 Å². The summed E-state index contributed by atoms with van der Waals surface area (Å²) in [6, 6.07) is 9.78. The van der Waals surface area contributed by atoms with Crippen LogP contribution in [0.5, 0.6) is 0 Å². The molecule has 2 amide bonds. The van der Waals surface area contributed by atoms with Gasteiger partial charge in [-0.1, -0.05) is 58.0 Å². The van der Waals surface area contributed by atoms with E-state index in [1.807, 2.05) is 37.3 Å². The van der Waals surface area contributed by atoms with Crippen molar-refractivity contribution < 1.29 is 9.59 Å². The van der Waals surface area contributed by atoms with E-state index in [1.165, 1.54) is 0 Å². The SMILES string of the molecule is CCN(Cc1ccccc1)C(=O)C(=O)N(CC(C)C)CC(C)C. The van der Waals surface area contributed by atoms with E-state index < -0.39 is 5.91 Å². The van der Waals surface area contributed by atoms with Crippen molar-refractivity contribution in [2.24, 2.45) is 11.8 Å². The molecule has 1 aromatic rings. The minimum Gasteiger partial charge on any atom is -0.334 e. The third-order valence-corrected chi connectivity index (χ3v) is 3.53. The zero-order chi connectivity index (χ0) is 17.4.